The topological polar surface area (TPSA) is 30.5 Å². The summed E-state index contributed by atoms with van der Waals surface area (Å²) < 4.78 is 24.4. The van der Waals surface area contributed by atoms with Gasteiger partial charge in [0.05, 0.1) is 0 Å². The Labute approximate surface area is 117 Å². The number of nitrogens with one attached hydrogen (secondary N) is 1. The lowest BCUT2D eigenvalue weighted by atomic mass is 9.98. The van der Waals surface area contributed by atoms with E-state index in [1.165, 1.54) is 6.07 Å². The van der Waals surface area contributed by atoms with Crippen LogP contribution in [0.4, 0.5) is 4.39 Å². The molecule has 1 aliphatic heterocycles. The van der Waals surface area contributed by atoms with Gasteiger partial charge < -0.3 is 14.8 Å². The van der Waals surface area contributed by atoms with Gasteiger partial charge in [0.25, 0.3) is 0 Å². The molecule has 0 bridgehead atoms. The summed E-state index contributed by atoms with van der Waals surface area (Å²) in [5.74, 6) is 1.33. The summed E-state index contributed by atoms with van der Waals surface area (Å²) in [6, 6.07) is 12.7. The fraction of sp³-hybridized carbons (Fsp3) is 0.250. The summed E-state index contributed by atoms with van der Waals surface area (Å²) in [4.78, 5) is 0. The van der Waals surface area contributed by atoms with Gasteiger partial charge in [-0.25, -0.2) is 4.39 Å². The SMILES string of the molecule is CNC(Cc1ccccc1F)c1ccc2c(c1)OCO2. The number of likely N-dealkylation sites (N-methyl/N-ethyl adjacent to an activating group) is 1. The van der Waals surface area contributed by atoms with Gasteiger partial charge in [-0.3, -0.25) is 0 Å². The van der Waals surface area contributed by atoms with Gasteiger partial charge >= 0.3 is 0 Å². The quantitative estimate of drug-likeness (QED) is 0.928. The van der Waals surface area contributed by atoms with Crippen LogP contribution < -0.4 is 14.8 Å². The second kappa shape index (κ2) is 5.51. The van der Waals surface area contributed by atoms with Crippen LogP contribution in [0.1, 0.15) is 17.2 Å². The molecular weight excluding hydrogens is 257 g/mol. The highest BCUT2D eigenvalue weighted by Crippen LogP contribution is 2.34. The molecule has 0 saturated carbocycles. The van der Waals surface area contributed by atoms with Crippen LogP contribution >= 0.6 is 0 Å². The van der Waals surface area contributed by atoms with Crippen molar-refractivity contribution >= 4 is 0 Å². The number of fused-ring (bicyclic) bond motifs is 1. The number of benzene rings is 2. The first-order valence-electron chi connectivity index (χ1n) is 6.58. The standard InChI is InChI=1S/C16H16FNO2/c1-18-14(8-11-4-2-3-5-13(11)17)12-6-7-15-16(9-12)20-10-19-15/h2-7,9,14,18H,8,10H2,1H3. The smallest absolute Gasteiger partial charge is 0.231 e. The molecule has 0 aromatic heterocycles. The zero-order valence-corrected chi connectivity index (χ0v) is 11.2. The Morgan fingerprint density at radius 3 is 2.75 bits per heavy atom. The predicted molar refractivity (Wildman–Crippen MR) is 74.5 cm³/mol. The molecule has 1 heterocycles. The fourth-order valence-electron chi connectivity index (χ4n) is 2.40. The number of rotatable bonds is 4. The molecule has 1 atom stereocenters. The van der Waals surface area contributed by atoms with Gasteiger partial charge in [-0.05, 0) is 42.8 Å². The number of hydrogen-bond acceptors (Lipinski definition) is 3. The molecule has 0 saturated heterocycles. The van der Waals surface area contributed by atoms with E-state index in [0.717, 1.165) is 17.1 Å². The van der Waals surface area contributed by atoms with Gasteiger partial charge in [-0.1, -0.05) is 24.3 Å². The van der Waals surface area contributed by atoms with E-state index in [1.807, 2.05) is 37.4 Å². The van der Waals surface area contributed by atoms with Gasteiger partial charge in [0.1, 0.15) is 5.82 Å². The van der Waals surface area contributed by atoms with E-state index in [1.54, 1.807) is 6.07 Å². The van der Waals surface area contributed by atoms with Crippen LogP contribution in [0.15, 0.2) is 42.5 Å². The summed E-state index contributed by atoms with van der Waals surface area (Å²) in [5.41, 5.74) is 1.75. The summed E-state index contributed by atoms with van der Waals surface area (Å²) in [5, 5.41) is 3.22. The Bertz CT molecular complexity index is 615. The second-order valence-corrected chi connectivity index (χ2v) is 4.75. The van der Waals surface area contributed by atoms with E-state index < -0.39 is 0 Å². The lowest BCUT2D eigenvalue weighted by Crippen LogP contribution is -2.19. The first kappa shape index (κ1) is 12.9. The zero-order chi connectivity index (χ0) is 13.9. The molecule has 0 spiro atoms. The fourth-order valence-corrected chi connectivity index (χ4v) is 2.40. The van der Waals surface area contributed by atoms with Crippen molar-refractivity contribution in [1.29, 1.82) is 0 Å². The third-order valence-electron chi connectivity index (χ3n) is 3.53. The maximum Gasteiger partial charge on any atom is 0.231 e. The monoisotopic (exact) mass is 273 g/mol. The molecular formula is C16H16FNO2. The molecule has 0 radical (unpaired) electrons. The molecule has 0 aliphatic carbocycles. The highest BCUT2D eigenvalue weighted by Gasteiger charge is 2.18. The predicted octanol–water partition coefficient (Wildman–Crippen LogP) is 3.06. The summed E-state index contributed by atoms with van der Waals surface area (Å²) in [6.07, 6.45) is 0.586. The van der Waals surface area contributed by atoms with E-state index in [0.29, 0.717) is 12.0 Å². The van der Waals surface area contributed by atoms with Gasteiger partial charge in [0, 0.05) is 6.04 Å². The summed E-state index contributed by atoms with van der Waals surface area (Å²) >= 11 is 0. The molecule has 20 heavy (non-hydrogen) atoms. The lowest BCUT2D eigenvalue weighted by molar-refractivity contribution is 0.174. The Hall–Kier alpha value is -2.07. The lowest BCUT2D eigenvalue weighted by Gasteiger charge is -2.17. The minimum absolute atomic E-state index is 0.0291. The van der Waals surface area contributed by atoms with Crippen molar-refractivity contribution in [2.24, 2.45) is 0 Å². The normalized spacial score (nSPS) is 14.3. The van der Waals surface area contributed by atoms with Crippen molar-refractivity contribution in [3.63, 3.8) is 0 Å². The number of hydrogen-bond donors (Lipinski definition) is 1. The molecule has 1 unspecified atom stereocenters. The molecule has 1 N–H and O–H groups in total. The third-order valence-corrected chi connectivity index (χ3v) is 3.53. The molecule has 1 aliphatic rings. The molecule has 0 amide bonds. The summed E-state index contributed by atoms with van der Waals surface area (Å²) in [7, 11) is 1.87. The van der Waals surface area contributed by atoms with E-state index in [2.05, 4.69) is 5.32 Å². The molecule has 3 nitrogen and oxygen atoms in total. The van der Waals surface area contributed by atoms with Gasteiger partial charge in [0.15, 0.2) is 11.5 Å². The van der Waals surface area contributed by atoms with Crippen molar-refractivity contribution in [1.82, 2.24) is 5.32 Å². The average molecular weight is 273 g/mol. The van der Waals surface area contributed by atoms with E-state index in [-0.39, 0.29) is 18.7 Å². The van der Waals surface area contributed by atoms with Crippen molar-refractivity contribution < 1.29 is 13.9 Å². The van der Waals surface area contributed by atoms with Crippen LogP contribution in [0.2, 0.25) is 0 Å². The van der Waals surface area contributed by atoms with Crippen LogP contribution in [-0.2, 0) is 6.42 Å². The van der Waals surface area contributed by atoms with Crippen LogP contribution in [0.5, 0.6) is 11.5 Å². The van der Waals surface area contributed by atoms with Crippen molar-refractivity contribution in [3.8, 4) is 11.5 Å². The van der Waals surface area contributed by atoms with Crippen LogP contribution in [0, 0.1) is 5.82 Å². The largest absolute Gasteiger partial charge is 0.454 e. The molecule has 3 rings (SSSR count). The Morgan fingerprint density at radius 1 is 1.15 bits per heavy atom. The van der Waals surface area contributed by atoms with Crippen LogP contribution in [0.3, 0.4) is 0 Å². The van der Waals surface area contributed by atoms with Gasteiger partial charge in [-0.2, -0.15) is 0 Å². The molecule has 4 heteroatoms. The Kier molecular flexibility index (Phi) is 3.56. The first-order chi connectivity index (χ1) is 9.78. The van der Waals surface area contributed by atoms with Crippen molar-refractivity contribution in [3.05, 3.63) is 59.4 Å². The molecule has 104 valence electrons. The van der Waals surface area contributed by atoms with E-state index in [9.17, 15) is 4.39 Å². The average Bonchev–Trinajstić information content (AvgIpc) is 2.94. The highest BCUT2D eigenvalue weighted by molar-refractivity contribution is 5.45. The Morgan fingerprint density at radius 2 is 1.95 bits per heavy atom. The van der Waals surface area contributed by atoms with E-state index in [4.69, 9.17) is 9.47 Å². The maximum atomic E-state index is 13.7. The van der Waals surface area contributed by atoms with Crippen LogP contribution in [0.25, 0.3) is 0 Å². The zero-order valence-electron chi connectivity index (χ0n) is 11.2. The second-order valence-electron chi connectivity index (χ2n) is 4.75. The van der Waals surface area contributed by atoms with E-state index >= 15 is 0 Å². The van der Waals surface area contributed by atoms with Crippen molar-refractivity contribution in [2.45, 2.75) is 12.5 Å². The summed E-state index contributed by atoms with van der Waals surface area (Å²) in [6.45, 7) is 0.260. The molecule has 2 aromatic rings. The third kappa shape index (κ3) is 2.47. The molecule has 0 fully saturated rings. The van der Waals surface area contributed by atoms with Crippen LogP contribution in [-0.4, -0.2) is 13.8 Å². The van der Waals surface area contributed by atoms with Gasteiger partial charge in [0.2, 0.25) is 6.79 Å². The minimum atomic E-state index is -0.173. The first-order valence-corrected chi connectivity index (χ1v) is 6.58. The van der Waals surface area contributed by atoms with Crippen molar-refractivity contribution in [2.75, 3.05) is 13.8 Å². The Balaban J connectivity index is 1.85. The maximum absolute atomic E-state index is 13.7. The number of halogens is 1. The highest BCUT2D eigenvalue weighted by atomic mass is 19.1. The minimum Gasteiger partial charge on any atom is -0.454 e. The van der Waals surface area contributed by atoms with Gasteiger partial charge in [-0.15, -0.1) is 0 Å². The molecule has 2 aromatic carbocycles. The number of ether oxygens (including phenoxy) is 2.